The first kappa shape index (κ1) is 11.2. The number of aromatic nitrogens is 3. The molecule has 2 aromatic heterocycles. The Labute approximate surface area is 104 Å². The molecule has 18 heavy (non-hydrogen) atoms. The molecule has 1 saturated carbocycles. The second-order valence-electron chi connectivity index (χ2n) is 4.89. The lowest BCUT2D eigenvalue weighted by atomic mass is 10.1. The number of carboxylic acid groups (broad SMARTS) is 1. The molecule has 0 spiro atoms. The van der Waals surface area contributed by atoms with Gasteiger partial charge in [0.05, 0.1) is 5.69 Å². The van der Waals surface area contributed by atoms with Crippen molar-refractivity contribution in [1.29, 1.82) is 0 Å². The van der Waals surface area contributed by atoms with Crippen LogP contribution >= 0.6 is 0 Å². The van der Waals surface area contributed by atoms with Gasteiger partial charge in [-0.25, -0.2) is 9.97 Å². The summed E-state index contributed by atoms with van der Waals surface area (Å²) in [6, 6.07) is 0. The maximum atomic E-state index is 10.7. The summed E-state index contributed by atoms with van der Waals surface area (Å²) in [4.78, 5) is 19.4. The lowest BCUT2D eigenvalue weighted by Gasteiger charge is -2.02. The molecule has 0 bridgehead atoms. The highest BCUT2D eigenvalue weighted by Crippen LogP contribution is 2.42. The lowest BCUT2D eigenvalue weighted by molar-refractivity contribution is -0.136. The second kappa shape index (κ2) is 4.08. The zero-order valence-corrected chi connectivity index (χ0v) is 10.3. The van der Waals surface area contributed by atoms with Gasteiger partial charge < -0.3 is 9.67 Å². The third-order valence-corrected chi connectivity index (χ3v) is 3.43. The van der Waals surface area contributed by atoms with E-state index in [9.17, 15) is 4.79 Å². The van der Waals surface area contributed by atoms with Gasteiger partial charge in [0.25, 0.3) is 0 Å². The molecule has 0 amide bonds. The number of carbonyl (C=O) groups is 1. The van der Waals surface area contributed by atoms with Crippen molar-refractivity contribution in [3.05, 3.63) is 23.8 Å². The first-order valence-electron chi connectivity index (χ1n) is 6.17. The molecule has 0 atom stereocenters. The molecule has 0 saturated heterocycles. The molecule has 2 heterocycles. The van der Waals surface area contributed by atoms with Gasteiger partial charge in [0.15, 0.2) is 0 Å². The number of hydrogen-bond acceptors (Lipinski definition) is 3. The third-order valence-electron chi connectivity index (χ3n) is 3.43. The quantitative estimate of drug-likeness (QED) is 0.892. The Balaban J connectivity index is 2.09. The molecule has 5 nitrogen and oxygen atoms in total. The minimum absolute atomic E-state index is 0.151. The summed E-state index contributed by atoms with van der Waals surface area (Å²) >= 11 is 0. The van der Waals surface area contributed by atoms with E-state index in [-0.39, 0.29) is 6.42 Å². The smallest absolute Gasteiger partial charge is 0.303 e. The number of nitrogens with zero attached hydrogens (tertiary/aromatic N) is 3. The third kappa shape index (κ3) is 1.85. The van der Waals surface area contributed by atoms with Gasteiger partial charge in [0.1, 0.15) is 12.0 Å². The van der Waals surface area contributed by atoms with Crippen LogP contribution in [0, 0.1) is 0 Å². The molecule has 0 aromatic carbocycles. The zero-order chi connectivity index (χ0) is 12.7. The summed E-state index contributed by atoms with van der Waals surface area (Å²) < 4.78 is 1.96. The summed E-state index contributed by atoms with van der Waals surface area (Å²) in [7, 11) is 1.94. The van der Waals surface area contributed by atoms with Crippen LogP contribution < -0.4 is 0 Å². The van der Waals surface area contributed by atoms with Crippen LogP contribution in [0.2, 0.25) is 0 Å². The van der Waals surface area contributed by atoms with Gasteiger partial charge in [0.2, 0.25) is 0 Å². The molecule has 2 aromatic rings. The van der Waals surface area contributed by atoms with Gasteiger partial charge >= 0.3 is 5.97 Å². The first-order valence-corrected chi connectivity index (χ1v) is 6.17. The van der Waals surface area contributed by atoms with Crippen molar-refractivity contribution in [2.24, 2.45) is 7.05 Å². The van der Waals surface area contributed by atoms with Crippen LogP contribution in [0.3, 0.4) is 0 Å². The minimum atomic E-state index is -0.767. The summed E-state index contributed by atoms with van der Waals surface area (Å²) in [5, 5.41) is 9.88. The number of rotatable bonds is 4. The van der Waals surface area contributed by atoms with Gasteiger partial charge in [-0.15, -0.1) is 0 Å². The predicted octanol–water partition coefficient (Wildman–Crippen LogP) is 1.86. The Bertz CT molecular complexity index is 614. The maximum absolute atomic E-state index is 10.7. The number of hydrogen-bond donors (Lipinski definition) is 1. The summed E-state index contributed by atoms with van der Waals surface area (Å²) in [6.45, 7) is 0. The highest BCUT2D eigenvalue weighted by atomic mass is 16.4. The minimum Gasteiger partial charge on any atom is -0.481 e. The molecule has 0 aliphatic heterocycles. The zero-order valence-electron chi connectivity index (χ0n) is 10.3. The second-order valence-corrected chi connectivity index (χ2v) is 4.89. The van der Waals surface area contributed by atoms with E-state index >= 15 is 0 Å². The molecule has 1 aliphatic carbocycles. The van der Waals surface area contributed by atoms with Gasteiger partial charge in [0, 0.05) is 31.0 Å². The number of carboxylic acids is 1. The van der Waals surface area contributed by atoms with Crippen molar-refractivity contribution in [3.63, 3.8) is 0 Å². The van der Waals surface area contributed by atoms with Gasteiger partial charge in [-0.05, 0) is 24.8 Å². The number of aliphatic carboxylic acids is 1. The molecule has 0 unspecified atom stereocenters. The predicted molar refractivity (Wildman–Crippen MR) is 66.4 cm³/mol. The van der Waals surface area contributed by atoms with Gasteiger partial charge in [-0.2, -0.15) is 0 Å². The van der Waals surface area contributed by atoms with E-state index in [0.717, 1.165) is 22.3 Å². The van der Waals surface area contributed by atoms with Crippen molar-refractivity contribution < 1.29 is 9.90 Å². The fourth-order valence-corrected chi connectivity index (χ4v) is 2.42. The highest BCUT2D eigenvalue weighted by molar-refractivity contribution is 5.84. The standard InChI is InChI=1S/C13H15N3O2/c1-16-6-9(4-5-10(17)18)11-12(8-2-3-8)14-7-15-13(11)16/h6-8H,2-5H2,1H3,(H,17,18). The Morgan fingerprint density at radius 3 is 2.94 bits per heavy atom. The van der Waals surface area contributed by atoms with E-state index in [0.29, 0.717) is 12.3 Å². The average molecular weight is 245 g/mol. The highest BCUT2D eigenvalue weighted by Gasteiger charge is 2.28. The van der Waals surface area contributed by atoms with Crippen LogP contribution in [0.4, 0.5) is 0 Å². The Morgan fingerprint density at radius 2 is 2.28 bits per heavy atom. The number of aryl methyl sites for hydroxylation is 2. The van der Waals surface area contributed by atoms with Crippen molar-refractivity contribution in [2.45, 2.75) is 31.6 Å². The Hall–Kier alpha value is -1.91. The van der Waals surface area contributed by atoms with E-state index in [1.807, 2.05) is 17.8 Å². The normalized spacial score (nSPS) is 15.2. The summed E-state index contributed by atoms with van der Waals surface area (Å²) in [5.41, 5.74) is 3.06. The topological polar surface area (TPSA) is 68.0 Å². The molecule has 94 valence electrons. The lowest BCUT2D eigenvalue weighted by Crippen LogP contribution is -1.98. The molecule has 1 N–H and O–H groups in total. The van der Waals surface area contributed by atoms with Crippen molar-refractivity contribution in [3.8, 4) is 0 Å². The molecular weight excluding hydrogens is 230 g/mol. The van der Waals surface area contributed by atoms with E-state index in [1.54, 1.807) is 6.33 Å². The van der Waals surface area contributed by atoms with E-state index in [1.165, 1.54) is 12.8 Å². The van der Waals surface area contributed by atoms with E-state index in [4.69, 9.17) is 5.11 Å². The largest absolute Gasteiger partial charge is 0.481 e. The van der Waals surface area contributed by atoms with Crippen LogP contribution in [-0.4, -0.2) is 25.6 Å². The van der Waals surface area contributed by atoms with Crippen molar-refractivity contribution >= 4 is 17.0 Å². The number of fused-ring (bicyclic) bond motifs is 1. The van der Waals surface area contributed by atoms with Crippen molar-refractivity contribution in [1.82, 2.24) is 14.5 Å². The van der Waals surface area contributed by atoms with Crippen molar-refractivity contribution in [2.75, 3.05) is 0 Å². The monoisotopic (exact) mass is 245 g/mol. The Morgan fingerprint density at radius 1 is 1.50 bits per heavy atom. The van der Waals surface area contributed by atoms with E-state index < -0.39 is 5.97 Å². The summed E-state index contributed by atoms with van der Waals surface area (Å²) in [5.74, 6) is -0.224. The SMILES string of the molecule is Cn1cc(CCC(=O)O)c2c(C3CC3)ncnc21. The van der Waals surface area contributed by atoms with Gasteiger partial charge in [-0.1, -0.05) is 0 Å². The molecule has 0 radical (unpaired) electrons. The average Bonchev–Trinajstić information content (AvgIpc) is 3.13. The maximum Gasteiger partial charge on any atom is 0.303 e. The molecule has 5 heteroatoms. The van der Waals surface area contributed by atoms with Gasteiger partial charge in [-0.3, -0.25) is 4.79 Å². The first-order chi connectivity index (χ1) is 8.66. The van der Waals surface area contributed by atoms with Crippen LogP contribution in [0.1, 0.15) is 36.4 Å². The summed E-state index contributed by atoms with van der Waals surface area (Å²) in [6.07, 6.45) is 6.64. The van der Waals surface area contributed by atoms with Crippen LogP contribution in [0.25, 0.3) is 11.0 Å². The molecule has 1 aliphatic rings. The van der Waals surface area contributed by atoms with Crippen LogP contribution in [-0.2, 0) is 18.3 Å². The van der Waals surface area contributed by atoms with E-state index in [2.05, 4.69) is 9.97 Å². The van der Waals surface area contributed by atoms with Crippen LogP contribution in [0.15, 0.2) is 12.5 Å². The molecular formula is C13H15N3O2. The molecule has 3 rings (SSSR count). The Kier molecular flexibility index (Phi) is 2.54. The molecule has 1 fully saturated rings. The fraction of sp³-hybridized carbons (Fsp3) is 0.462. The van der Waals surface area contributed by atoms with Crippen LogP contribution in [0.5, 0.6) is 0 Å². The fourth-order valence-electron chi connectivity index (χ4n) is 2.42.